The summed E-state index contributed by atoms with van der Waals surface area (Å²) >= 11 is -2.36. The molecule has 0 aliphatic heterocycles. The number of hydrogen-bond donors (Lipinski definition) is 0. The third-order valence-electron chi connectivity index (χ3n) is 0.939. The van der Waals surface area contributed by atoms with E-state index in [0.717, 1.165) is 0 Å². The van der Waals surface area contributed by atoms with Gasteiger partial charge < -0.3 is 0 Å². The van der Waals surface area contributed by atoms with E-state index in [1.165, 1.54) is 0 Å². The topological polar surface area (TPSA) is 0 Å². The standard InChI is InChI=1S/C6H9ClGe/c1-4-8(7,5-2)6-3/h4-6H,1-3H2. The Labute approximate surface area is 57.1 Å². The molecular formula is C6H9ClGe. The van der Waals surface area contributed by atoms with E-state index < -0.39 is 12.3 Å². The molecule has 0 radical (unpaired) electrons. The van der Waals surface area contributed by atoms with Crippen LogP contribution in [-0.2, 0) is 0 Å². The maximum absolute atomic E-state index is 5.93. The van der Waals surface area contributed by atoms with Gasteiger partial charge in [0.25, 0.3) is 0 Å². The van der Waals surface area contributed by atoms with Crippen LogP contribution in [0.3, 0.4) is 0 Å². The Bertz CT molecular complexity index is 95.9. The SMILES string of the molecule is C=[CH][Ge]([Cl])([CH]=C)[CH]=C. The van der Waals surface area contributed by atoms with Crippen molar-refractivity contribution in [2.75, 3.05) is 0 Å². The van der Waals surface area contributed by atoms with Crippen molar-refractivity contribution in [1.29, 1.82) is 0 Å². The average molecular weight is 189 g/mol. The van der Waals surface area contributed by atoms with Crippen LogP contribution in [0.2, 0.25) is 0 Å². The second kappa shape index (κ2) is 3.15. The third-order valence-corrected chi connectivity index (χ3v) is 7.28. The molecule has 0 saturated carbocycles. The first-order valence-corrected chi connectivity index (χ1v) is 8.67. The molecular weight excluding hydrogens is 180 g/mol. The van der Waals surface area contributed by atoms with Crippen molar-refractivity contribution in [3.63, 3.8) is 0 Å². The van der Waals surface area contributed by atoms with Crippen LogP contribution >= 0.6 is 10.0 Å². The molecule has 0 heterocycles. The van der Waals surface area contributed by atoms with Crippen LogP contribution < -0.4 is 0 Å². The molecule has 0 aromatic heterocycles. The van der Waals surface area contributed by atoms with E-state index in [-0.39, 0.29) is 0 Å². The molecule has 0 aromatic carbocycles. The van der Waals surface area contributed by atoms with Crippen molar-refractivity contribution in [3.05, 3.63) is 34.5 Å². The molecule has 2 heteroatoms. The predicted octanol–water partition coefficient (Wildman–Crippen LogP) is 2.35. The van der Waals surface area contributed by atoms with E-state index in [9.17, 15) is 0 Å². The van der Waals surface area contributed by atoms with E-state index in [1.807, 2.05) is 0 Å². The van der Waals surface area contributed by atoms with Crippen molar-refractivity contribution >= 4 is 22.3 Å². The van der Waals surface area contributed by atoms with Crippen molar-refractivity contribution in [2.45, 2.75) is 0 Å². The molecule has 0 atom stereocenters. The van der Waals surface area contributed by atoms with Gasteiger partial charge in [0.15, 0.2) is 0 Å². The van der Waals surface area contributed by atoms with Gasteiger partial charge in [-0.1, -0.05) is 0 Å². The van der Waals surface area contributed by atoms with Gasteiger partial charge in [-0.25, -0.2) is 0 Å². The minimum atomic E-state index is -2.36. The van der Waals surface area contributed by atoms with Gasteiger partial charge in [-0.2, -0.15) is 0 Å². The zero-order valence-electron chi connectivity index (χ0n) is 4.73. The summed E-state index contributed by atoms with van der Waals surface area (Å²) in [5.41, 5.74) is 0. The number of rotatable bonds is 3. The van der Waals surface area contributed by atoms with Gasteiger partial charge >= 0.3 is 56.8 Å². The van der Waals surface area contributed by atoms with Crippen molar-refractivity contribution in [2.24, 2.45) is 0 Å². The summed E-state index contributed by atoms with van der Waals surface area (Å²) in [6, 6.07) is 0. The molecule has 0 N–H and O–H groups in total. The Hall–Kier alpha value is 0.0529. The van der Waals surface area contributed by atoms with Crippen molar-refractivity contribution in [1.82, 2.24) is 0 Å². The first-order chi connectivity index (χ1) is 3.68. The van der Waals surface area contributed by atoms with Crippen LogP contribution in [0.4, 0.5) is 0 Å². The van der Waals surface area contributed by atoms with Crippen LogP contribution in [0.1, 0.15) is 0 Å². The molecule has 44 valence electrons. The summed E-state index contributed by atoms with van der Waals surface area (Å²) in [6.07, 6.45) is 0. The summed E-state index contributed by atoms with van der Waals surface area (Å²) in [4.78, 5) is 5.30. The van der Waals surface area contributed by atoms with Crippen LogP contribution in [-0.4, -0.2) is 12.3 Å². The summed E-state index contributed by atoms with van der Waals surface area (Å²) in [5, 5.41) is 0. The van der Waals surface area contributed by atoms with Gasteiger partial charge in [-0.3, -0.25) is 0 Å². The molecule has 0 nitrogen and oxygen atoms in total. The maximum atomic E-state index is 5.93. The van der Waals surface area contributed by atoms with Gasteiger partial charge in [0, 0.05) is 0 Å². The Morgan fingerprint density at radius 2 is 1.25 bits per heavy atom. The van der Waals surface area contributed by atoms with Gasteiger partial charge in [-0.15, -0.1) is 0 Å². The van der Waals surface area contributed by atoms with E-state index in [2.05, 4.69) is 19.7 Å². The number of halogens is 1. The summed E-state index contributed by atoms with van der Waals surface area (Å²) in [6.45, 7) is 10.8. The van der Waals surface area contributed by atoms with Gasteiger partial charge in [0.1, 0.15) is 0 Å². The Kier molecular flexibility index (Phi) is 3.17. The molecule has 0 rings (SSSR count). The fourth-order valence-corrected chi connectivity index (χ4v) is 1.30. The summed E-state index contributed by atoms with van der Waals surface area (Å²) < 4.78 is 0. The molecule has 8 heavy (non-hydrogen) atoms. The van der Waals surface area contributed by atoms with Gasteiger partial charge in [0.2, 0.25) is 0 Å². The molecule has 0 amide bonds. The Morgan fingerprint density at radius 3 is 1.25 bits per heavy atom. The van der Waals surface area contributed by atoms with Crippen LogP contribution in [0.5, 0.6) is 0 Å². The zero-order valence-corrected chi connectivity index (χ0v) is 7.59. The predicted molar refractivity (Wildman–Crippen MR) is 42.2 cm³/mol. The quantitative estimate of drug-likeness (QED) is 0.598. The van der Waals surface area contributed by atoms with Crippen LogP contribution in [0, 0.1) is 0 Å². The molecule has 0 aliphatic rings. The number of hydrogen-bond acceptors (Lipinski definition) is 0. The summed E-state index contributed by atoms with van der Waals surface area (Å²) in [5.74, 6) is 0. The fourth-order valence-electron chi connectivity index (χ4n) is 0.250. The minimum absolute atomic E-state index is 1.77. The zero-order chi connectivity index (χ0) is 6.62. The molecule has 0 aromatic rings. The van der Waals surface area contributed by atoms with Crippen molar-refractivity contribution in [3.8, 4) is 0 Å². The van der Waals surface area contributed by atoms with E-state index >= 15 is 0 Å². The van der Waals surface area contributed by atoms with Crippen LogP contribution in [0.25, 0.3) is 0 Å². The average Bonchev–Trinajstić information content (AvgIpc) is 1.87. The van der Waals surface area contributed by atoms with Gasteiger partial charge in [0.05, 0.1) is 0 Å². The first-order valence-electron chi connectivity index (χ1n) is 2.28. The van der Waals surface area contributed by atoms with Gasteiger partial charge in [-0.05, 0) is 0 Å². The van der Waals surface area contributed by atoms with E-state index in [1.54, 1.807) is 14.7 Å². The second-order valence-corrected chi connectivity index (χ2v) is 10.9. The molecule has 0 spiro atoms. The Morgan fingerprint density at radius 1 is 1.00 bits per heavy atom. The summed E-state index contributed by atoms with van der Waals surface area (Å²) in [7, 11) is 5.93. The normalized spacial score (nSPS) is 10.1. The first kappa shape index (κ1) is 8.05. The van der Waals surface area contributed by atoms with Crippen molar-refractivity contribution < 1.29 is 0 Å². The monoisotopic (exact) mass is 190 g/mol. The molecule has 0 aliphatic carbocycles. The third kappa shape index (κ3) is 1.89. The second-order valence-electron chi connectivity index (χ2n) is 1.44. The molecule has 0 saturated heterocycles. The molecule has 0 fully saturated rings. The molecule has 0 unspecified atom stereocenters. The van der Waals surface area contributed by atoms with E-state index in [0.29, 0.717) is 0 Å². The Balaban J connectivity index is 4.18. The molecule has 0 bridgehead atoms. The van der Waals surface area contributed by atoms with Crippen LogP contribution in [0.15, 0.2) is 34.5 Å². The van der Waals surface area contributed by atoms with E-state index in [4.69, 9.17) is 10.0 Å². The fraction of sp³-hybridized carbons (Fsp3) is 0.